The number of carbonyl (C=O) groups is 1. The van der Waals surface area contributed by atoms with E-state index in [0.717, 1.165) is 11.3 Å². The van der Waals surface area contributed by atoms with E-state index in [1.807, 2.05) is 0 Å². The molecule has 1 aromatic carbocycles. The summed E-state index contributed by atoms with van der Waals surface area (Å²) in [7, 11) is 0. The van der Waals surface area contributed by atoms with Crippen molar-refractivity contribution in [3.05, 3.63) is 70.1 Å². The maximum atomic E-state index is 12.0. The predicted molar refractivity (Wildman–Crippen MR) is 87.5 cm³/mol. The van der Waals surface area contributed by atoms with Crippen molar-refractivity contribution in [2.75, 3.05) is 5.32 Å². The summed E-state index contributed by atoms with van der Waals surface area (Å²) in [6.07, 6.45) is 2.61. The van der Waals surface area contributed by atoms with Crippen LogP contribution in [0.25, 0.3) is 0 Å². The summed E-state index contributed by atoms with van der Waals surface area (Å²) in [4.78, 5) is 17.3. The van der Waals surface area contributed by atoms with Crippen LogP contribution in [0.4, 0.5) is 5.13 Å². The molecule has 0 saturated heterocycles. The lowest BCUT2D eigenvalue weighted by Crippen LogP contribution is -2.10. The van der Waals surface area contributed by atoms with Gasteiger partial charge in [0, 0.05) is 17.5 Å². The van der Waals surface area contributed by atoms with Gasteiger partial charge in [-0.15, -0.1) is 11.3 Å². The normalized spacial score (nSPS) is 10.6. The first-order valence-corrected chi connectivity index (χ1v) is 7.80. The highest BCUT2D eigenvalue weighted by Crippen LogP contribution is 2.22. The summed E-state index contributed by atoms with van der Waals surface area (Å²) in [6, 6.07) is 11.8. The van der Waals surface area contributed by atoms with Crippen molar-refractivity contribution in [3.8, 4) is 0 Å². The first-order valence-electron chi connectivity index (χ1n) is 6.98. The lowest BCUT2D eigenvalue weighted by molar-refractivity contribution is 0.0995. The standard InChI is InChI=1S/C17H16N2O2S/c1-11-3-6-13(7-4-11)9-14-10-18-17(22-14)19-16(20)15-8-5-12(2)21-15/h3-8,10H,9H2,1-2H3,(H,18,19,20). The molecule has 0 saturated carbocycles. The minimum Gasteiger partial charge on any atom is -0.456 e. The van der Waals surface area contributed by atoms with E-state index in [-0.39, 0.29) is 5.91 Å². The maximum Gasteiger partial charge on any atom is 0.293 e. The number of nitrogens with zero attached hydrogens (tertiary/aromatic N) is 1. The lowest BCUT2D eigenvalue weighted by Gasteiger charge is -1.99. The Labute approximate surface area is 132 Å². The molecule has 22 heavy (non-hydrogen) atoms. The van der Waals surface area contributed by atoms with Crippen molar-refractivity contribution in [1.29, 1.82) is 0 Å². The van der Waals surface area contributed by atoms with Gasteiger partial charge in [-0.2, -0.15) is 0 Å². The van der Waals surface area contributed by atoms with E-state index in [2.05, 4.69) is 41.5 Å². The number of nitrogens with one attached hydrogen (secondary N) is 1. The molecule has 0 aliphatic carbocycles. The Balaban J connectivity index is 1.66. The highest BCUT2D eigenvalue weighted by molar-refractivity contribution is 7.15. The van der Waals surface area contributed by atoms with Gasteiger partial charge in [-0.25, -0.2) is 4.98 Å². The second-order valence-electron chi connectivity index (χ2n) is 5.16. The lowest BCUT2D eigenvalue weighted by atomic mass is 10.1. The van der Waals surface area contributed by atoms with Crippen molar-refractivity contribution in [1.82, 2.24) is 4.98 Å². The largest absolute Gasteiger partial charge is 0.456 e. The van der Waals surface area contributed by atoms with Crippen LogP contribution < -0.4 is 5.32 Å². The van der Waals surface area contributed by atoms with E-state index in [1.165, 1.54) is 22.5 Å². The third-order valence-electron chi connectivity index (χ3n) is 3.24. The fraction of sp³-hybridized carbons (Fsp3) is 0.176. The smallest absolute Gasteiger partial charge is 0.293 e. The number of hydrogen-bond acceptors (Lipinski definition) is 4. The summed E-state index contributed by atoms with van der Waals surface area (Å²) in [5.74, 6) is 0.737. The number of hydrogen-bond donors (Lipinski definition) is 1. The minimum atomic E-state index is -0.274. The first-order chi connectivity index (χ1) is 10.6. The Morgan fingerprint density at radius 1 is 1.18 bits per heavy atom. The SMILES string of the molecule is Cc1ccc(Cc2cnc(NC(=O)c3ccc(C)o3)s2)cc1. The number of anilines is 1. The van der Waals surface area contributed by atoms with Crippen molar-refractivity contribution >= 4 is 22.4 Å². The van der Waals surface area contributed by atoms with E-state index < -0.39 is 0 Å². The molecule has 2 aromatic heterocycles. The second-order valence-corrected chi connectivity index (χ2v) is 6.27. The maximum absolute atomic E-state index is 12.0. The molecule has 0 aliphatic rings. The Bertz CT molecular complexity index is 787. The van der Waals surface area contributed by atoms with Gasteiger partial charge in [0.1, 0.15) is 5.76 Å². The molecule has 0 atom stereocenters. The molecular weight excluding hydrogens is 296 g/mol. The zero-order chi connectivity index (χ0) is 15.5. The monoisotopic (exact) mass is 312 g/mol. The number of furan rings is 1. The highest BCUT2D eigenvalue weighted by atomic mass is 32.1. The van der Waals surface area contributed by atoms with Gasteiger partial charge in [-0.1, -0.05) is 29.8 Å². The van der Waals surface area contributed by atoms with Crippen LogP contribution in [0.15, 0.2) is 47.0 Å². The van der Waals surface area contributed by atoms with Gasteiger partial charge in [0.15, 0.2) is 10.9 Å². The number of benzene rings is 1. The summed E-state index contributed by atoms with van der Waals surface area (Å²) < 4.78 is 5.30. The Hall–Kier alpha value is -2.40. The van der Waals surface area contributed by atoms with Crippen LogP contribution in [0.5, 0.6) is 0 Å². The van der Waals surface area contributed by atoms with E-state index >= 15 is 0 Å². The van der Waals surface area contributed by atoms with Crippen LogP contribution in [0, 0.1) is 13.8 Å². The predicted octanol–water partition coefficient (Wildman–Crippen LogP) is 4.20. The first kappa shape index (κ1) is 14.5. The number of amides is 1. The molecule has 3 aromatic rings. The average molecular weight is 312 g/mol. The summed E-state index contributed by atoms with van der Waals surface area (Å²) in [5, 5.41) is 3.35. The second kappa shape index (κ2) is 6.15. The van der Waals surface area contributed by atoms with Gasteiger partial charge in [-0.05, 0) is 31.5 Å². The number of carbonyl (C=O) groups excluding carboxylic acids is 1. The van der Waals surface area contributed by atoms with Crippen LogP contribution in [-0.2, 0) is 6.42 Å². The number of aryl methyl sites for hydroxylation is 2. The molecule has 112 valence electrons. The van der Waals surface area contributed by atoms with Gasteiger partial charge in [-0.3, -0.25) is 10.1 Å². The third-order valence-corrected chi connectivity index (χ3v) is 4.15. The molecule has 0 unspecified atom stereocenters. The third kappa shape index (κ3) is 3.43. The fourth-order valence-corrected chi connectivity index (χ4v) is 2.91. The van der Waals surface area contributed by atoms with E-state index in [1.54, 1.807) is 25.3 Å². The van der Waals surface area contributed by atoms with Crippen molar-refractivity contribution in [3.63, 3.8) is 0 Å². The van der Waals surface area contributed by atoms with Gasteiger partial charge in [0.05, 0.1) is 0 Å². The zero-order valence-corrected chi connectivity index (χ0v) is 13.2. The molecule has 5 heteroatoms. The molecule has 3 rings (SSSR count). The molecule has 0 radical (unpaired) electrons. The summed E-state index contributed by atoms with van der Waals surface area (Å²) in [6.45, 7) is 3.88. The van der Waals surface area contributed by atoms with Crippen LogP contribution in [-0.4, -0.2) is 10.9 Å². The van der Waals surface area contributed by atoms with E-state index in [0.29, 0.717) is 16.7 Å². The van der Waals surface area contributed by atoms with E-state index in [9.17, 15) is 4.79 Å². The van der Waals surface area contributed by atoms with Crippen molar-refractivity contribution < 1.29 is 9.21 Å². The zero-order valence-electron chi connectivity index (χ0n) is 12.4. The molecule has 0 fully saturated rings. The number of aromatic nitrogens is 1. The molecule has 0 spiro atoms. The molecule has 1 N–H and O–H groups in total. The van der Waals surface area contributed by atoms with Crippen LogP contribution in [0.1, 0.15) is 32.3 Å². The topological polar surface area (TPSA) is 55.1 Å². The van der Waals surface area contributed by atoms with Crippen LogP contribution in [0.3, 0.4) is 0 Å². The molecule has 0 aliphatic heterocycles. The van der Waals surface area contributed by atoms with Crippen molar-refractivity contribution in [2.45, 2.75) is 20.3 Å². The summed E-state index contributed by atoms with van der Waals surface area (Å²) >= 11 is 1.48. The molecular formula is C17H16N2O2S. The Kier molecular flexibility index (Phi) is 4.06. The van der Waals surface area contributed by atoms with Crippen LogP contribution >= 0.6 is 11.3 Å². The molecule has 4 nitrogen and oxygen atoms in total. The van der Waals surface area contributed by atoms with Crippen molar-refractivity contribution in [2.24, 2.45) is 0 Å². The van der Waals surface area contributed by atoms with E-state index in [4.69, 9.17) is 4.42 Å². The molecule has 2 heterocycles. The minimum absolute atomic E-state index is 0.274. The van der Waals surface area contributed by atoms with Gasteiger partial charge in [0.2, 0.25) is 0 Å². The molecule has 0 bridgehead atoms. The van der Waals surface area contributed by atoms with Crippen LogP contribution in [0.2, 0.25) is 0 Å². The van der Waals surface area contributed by atoms with Gasteiger partial charge < -0.3 is 4.42 Å². The fourth-order valence-electron chi connectivity index (χ4n) is 2.07. The Morgan fingerprint density at radius 3 is 2.64 bits per heavy atom. The number of thiazole rings is 1. The summed E-state index contributed by atoms with van der Waals surface area (Å²) in [5.41, 5.74) is 2.48. The molecule has 1 amide bonds. The highest BCUT2D eigenvalue weighted by Gasteiger charge is 2.12. The quantitative estimate of drug-likeness (QED) is 0.785. The number of rotatable bonds is 4. The van der Waals surface area contributed by atoms with Gasteiger partial charge >= 0.3 is 0 Å². The van der Waals surface area contributed by atoms with Gasteiger partial charge in [0.25, 0.3) is 5.91 Å². The Morgan fingerprint density at radius 2 is 1.95 bits per heavy atom. The average Bonchev–Trinajstić information content (AvgIpc) is 3.11.